The number of hydrogen-bond acceptors (Lipinski definition) is 3. The Bertz CT molecular complexity index is 740. The largest absolute Gasteiger partial charge is 0.262 e. The lowest BCUT2D eigenvalue weighted by atomic mass is 9.99. The number of aliphatic imine (C=N–C) groups is 1. The second-order valence-electron chi connectivity index (χ2n) is 5.27. The molecule has 5 heteroatoms. The maximum absolute atomic E-state index is 11.3. The van der Waals surface area contributed by atoms with Crippen LogP contribution in [0.4, 0.5) is 0 Å². The Morgan fingerprint density at radius 3 is 2.35 bits per heavy atom. The van der Waals surface area contributed by atoms with Gasteiger partial charge in [-0.3, -0.25) is 4.99 Å². The van der Waals surface area contributed by atoms with Crippen molar-refractivity contribution in [1.82, 2.24) is 0 Å². The van der Waals surface area contributed by atoms with Crippen LogP contribution in [0.2, 0.25) is 0 Å². The van der Waals surface area contributed by atoms with Gasteiger partial charge in [-0.1, -0.05) is 38.1 Å². The van der Waals surface area contributed by atoms with Crippen LogP contribution in [-0.2, 0) is 10.0 Å². The van der Waals surface area contributed by atoms with Crippen molar-refractivity contribution in [1.29, 1.82) is 0 Å². The summed E-state index contributed by atoms with van der Waals surface area (Å²) < 4.78 is 22.7. The van der Waals surface area contributed by atoms with Crippen LogP contribution in [0.1, 0.15) is 39.2 Å². The summed E-state index contributed by atoms with van der Waals surface area (Å²) in [6.07, 6.45) is 7.67. The average Bonchev–Trinajstić information content (AvgIpc) is 2.49. The van der Waals surface area contributed by atoms with E-state index in [1.54, 1.807) is 18.3 Å². The van der Waals surface area contributed by atoms with Crippen molar-refractivity contribution in [3.63, 3.8) is 0 Å². The Balaban J connectivity index is 3.20. The summed E-state index contributed by atoms with van der Waals surface area (Å²) in [5.41, 5.74) is 3.82. The predicted molar refractivity (Wildman–Crippen MR) is 97.8 cm³/mol. The van der Waals surface area contributed by atoms with Gasteiger partial charge in [0.2, 0.25) is 10.0 Å². The summed E-state index contributed by atoms with van der Waals surface area (Å²) in [6.45, 7) is 9.64. The SMILES string of the molecule is C=C(C)N=CC(=C\C)/C=C(/CCC)c1ccc(S(N)(=O)=O)cc1. The maximum atomic E-state index is 11.3. The minimum absolute atomic E-state index is 0.118. The third-order valence-electron chi connectivity index (χ3n) is 3.18. The van der Waals surface area contributed by atoms with E-state index in [1.165, 1.54) is 12.1 Å². The highest BCUT2D eigenvalue weighted by molar-refractivity contribution is 7.89. The van der Waals surface area contributed by atoms with Crippen LogP contribution < -0.4 is 5.14 Å². The molecule has 0 spiro atoms. The molecule has 0 bridgehead atoms. The lowest BCUT2D eigenvalue weighted by Crippen LogP contribution is -2.11. The molecule has 0 unspecified atom stereocenters. The van der Waals surface area contributed by atoms with E-state index in [1.807, 2.05) is 19.9 Å². The minimum Gasteiger partial charge on any atom is -0.262 e. The Morgan fingerprint density at radius 2 is 1.91 bits per heavy atom. The van der Waals surface area contributed by atoms with Gasteiger partial charge in [-0.25, -0.2) is 13.6 Å². The first-order chi connectivity index (χ1) is 10.8. The molecular weight excluding hydrogens is 308 g/mol. The van der Waals surface area contributed by atoms with E-state index in [0.717, 1.165) is 35.2 Å². The standard InChI is InChI=1S/C18H24N2O2S/c1-5-7-17(12-15(6-2)13-20-14(3)4)16-8-10-18(11-9-16)23(19,21)22/h6,8-13H,3,5,7H2,1-2,4H3,(H2,19,21,22)/b15-6-,17-12-,20-13?. The fourth-order valence-corrected chi connectivity index (χ4v) is 2.52. The van der Waals surface area contributed by atoms with Crippen molar-refractivity contribution in [2.75, 3.05) is 0 Å². The summed E-state index contributed by atoms with van der Waals surface area (Å²) in [5.74, 6) is 0. The monoisotopic (exact) mass is 332 g/mol. The predicted octanol–water partition coefficient (Wildman–Crippen LogP) is 4.07. The van der Waals surface area contributed by atoms with Gasteiger partial charge < -0.3 is 0 Å². The minimum atomic E-state index is -3.67. The van der Waals surface area contributed by atoms with Crippen molar-refractivity contribution in [3.05, 3.63) is 59.8 Å². The van der Waals surface area contributed by atoms with Gasteiger partial charge in [0.25, 0.3) is 0 Å². The average molecular weight is 332 g/mol. The zero-order valence-electron chi connectivity index (χ0n) is 13.9. The molecule has 1 aromatic carbocycles. The van der Waals surface area contributed by atoms with Gasteiger partial charge in [-0.2, -0.15) is 0 Å². The first-order valence-corrected chi connectivity index (χ1v) is 9.02. The van der Waals surface area contributed by atoms with Crippen LogP contribution >= 0.6 is 0 Å². The lowest BCUT2D eigenvalue weighted by molar-refractivity contribution is 0.598. The summed E-state index contributed by atoms with van der Waals surface area (Å²) in [7, 11) is -3.67. The molecule has 0 fully saturated rings. The Kier molecular flexibility index (Phi) is 7.13. The smallest absolute Gasteiger partial charge is 0.238 e. The van der Waals surface area contributed by atoms with Gasteiger partial charge >= 0.3 is 0 Å². The van der Waals surface area contributed by atoms with E-state index < -0.39 is 10.0 Å². The Labute approximate surface area is 139 Å². The zero-order chi connectivity index (χ0) is 17.5. The Morgan fingerprint density at radius 1 is 1.30 bits per heavy atom. The molecule has 1 rings (SSSR count). The Hall–Kier alpha value is -1.98. The second kappa shape index (κ2) is 8.60. The summed E-state index contributed by atoms with van der Waals surface area (Å²) in [6, 6.07) is 6.63. The number of nitrogens with two attached hydrogens (primary N) is 1. The van der Waals surface area contributed by atoms with Gasteiger partial charge in [0.05, 0.1) is 4.90 Å². The van der Waals surface area contributed by atoms with E-state index in [9.17, 15) is 8.42 Å². The lowest BCUT2D eigenvalue weighted by Gasteiger charge is -2.08. The molecule has 0 heterocycles. The number of sulfonamides is 1. The van der Waals surface area contributed by atoms with E-state index in [4.69, 9.17) is 5.14 Å². The number of hydrogen-bond donors (Lipinski definition) is 1. The van der Waals surface area contributed by atoms with Gasteiger partial charge in [0.15, 0.2) is 0 Å². The molecule has 23 heavy (non-hydrogen) atoms. The highest BCUT2D eigenvalue weighted by Crippen LogP contribution is 2.23. The molecule has 124 valence electrons. The van der Waals surface area contributed by atoms with Gasteiger partial charge in [-0.15, -0.1) is 0 Å². The van der Waals surface area contributed by atoms with Crippen molar-refractivity contribution in [3.8, 4) is 0 Å². The van der Waals surface area contributed by atoms with Gasteiger partial charge in [0, 0.05) is 11.9 Å². The van der Waals surface area contributed by atoms with Crippen LogP contribution in [0.3, 0.4) is 0 Å². The molecule has 0 aliphatic carbocycles. The van der Waals surface area contributed by atoms with E-state index in [2.05, 4.69) is 24.6 Å². The molecular formula is C18H24N2O2S. The highest BCUT2D eigenvalue weighted by atomic mass is 32.2. The van der Waals surface area contributed by atoms with E-state index in [-0.39, 0.29) is 4.90 Å². The molecule has 0 saturated heterocycles. The van der Waals surface area contributed by atoms with E-state index in [0.29, 0.717) is 0 Å². The zero-order valence-corrected chi connectivity index (χ0v) is 14.7. The number of benzene rings is 1. The van der Waals surface area contributed by atoms with Crippen molar-refractivity contribution in [2.24, 2.45) is 10.1 Å². The molecule has 4 nitrogen and oxygen atoms in total. The number of allylic oxidation sites excluding steroid dienone is 5. The summed E-state index contributed by atoms with van der Waals surface area (Å²) in [5, 5.41) is 5.13. The molecule has 0 radical (unpaired) electrons. The topological polar surface area (TPSA) is 72.5 Å². The fraction of sp³-hybridized carbons (Fsp3) is 0.278. The molecule has 0 aliphatic heterocycles. The first-order valence-electron chi connectivity index (χ1n) is 7.47. The van der Waals surface area contributed by atoms with Crippen LogP contribution in [0.15, 0.2) is 64.2 Å². The number of nitrogens with zero attached hydrogens (tertiary/aromatic N) is 1. The molecule has 0 aromatic heterocycles. The van der Waals surface area contributed by atoms with Gasteiger partial charge in [0.1, 0.15) is 0 Å². The van der Waals surface area contributed by atoms with Crippen LogP contribution in [0.25, 0.3) is 5.57 Å². The first kappa shape index (κ1) is 19.1. The van der Waals surface area contributed by atoms with E-state index >= 15 is 0 Å². The normalized spacial score (nSPS) is 13.6. The summed E-state index contributed by atoms with van der Waals surface area (Å²) in [4.78, 5) is 4.34. The molecule has 0 amide bonds. The number of rotatable bonds is 7. The quantitative estimate of drug-likeness (QED) is 0.604. The van der Waals surface area contributed by atoms with Gasteiger partial charge in [-0.05, 0) is 55.2 Å². The summed E-state index contributed by atoms with van der Waals surface area (Å²) >= 11 is 0. The number of primary sulfonamides is 1. The van der Waals surface area contributed by atoms with Crippen molar-refractivity contribution in [2.45, 2.75) is 38.5 Å². The maximum Gasteiger partial charge on any atom is 0.238 e. The molecule has 2 N–H and O–H groups in total. The van der Waals surface area contributed by atoms with Crippen molar-refractivity contribution < 1.29 is 8.42 Å². The second-order valence-corrected chi connectivity index (χ2v) is 6.83. The fourth-order valence-electron chi connectivity index (χ4n) is 2.01. The van der Waals surface area contributed by atoms with Crippen LogP contribution in [-0.4, -0.2) is 14.6 Å². The molecule has 0 aliphatic rings. The third kappa shape index (κ3) is 6.34. The molecule has 0 atom stereocenters. The third-order valence-corrected chi connectivity index (χ3v) is 4.11. The van der Waals surface area contributed by atoms with Crippen molar-refractivity contribution >= 4 is 21.8 Å². The van der Waals surface area contributed by atoms with Crippen LogP contribution in [0, 0.1) is 0 Å². The molecule has 0 saturated carbocycles. The highest BCUT2D eigenvalue weighted by Gasteiger charge is 2.08. The van der Waals surface area contributed by atoms with Crippen LogP contribution in [0.5, 0.6) is 0 Å². The molecule has 1 aromatic rings.